The predicted molar refractivity (Wildman–Crippen MR) is 120 cm³/mol. The number of methoxy groups -OCH3 is 2. The first-order valence-electron chi connectivity index (χ1n) is 10.5. The van der Waals surface area contributed by atoms with Gasteiger partial charge < -0.3 is 44.1 Å². The number of aliphatic hydroxyl groups is 3. The Balaban J connectivity index is 1.79. The maximum atomic E-state index is 12.2. The summed E-state index contributed by atoms with van der Waals surface area (Å²) in [6, 6.07) is 11.1. The van der Waals surface area contributed by atoms with Crippen LogP contribution >= 0.6 is 0 Å². The molecule has 3 rings (SSSR count). The van der Waals surface area contributed by atoms with Gasteiger partial charge in [0.15, 0.2) is 11.5 Å². The molecular formula is C24H26O11. The van der Waals surface area contributed by atoms with E-state index in [1.807, 2.05) is 0 Å². The van der Waals surface area contributed by atoms with E-state index >= 15 is 0 Å². The van der Waals surface area contributed by atoms with Crippen LogP contribution in [0.3, 0.4) is 0 Å². The molecule has 0 bridgehead atoms. The van der Waals surface area contributed by atoms with Crippen LogP contribution in [0, 0.1) is 0 Å². The van der Waals surface area contributed by atoms with Gasteiger partial charge in [0, 0.05) is 6.08 Å². The second-order valence-corrected chi connectivity index (χ2v) is 7.52. The molecule has 1 aliphatic rings. The van der Waals surface area contributed by atoms with Gasteiger partial charge in [-0.25, -0.2) is 9.59 Å². The van der Waals surface area contributed by atoms with Gasteiger partial charge in [0.1, 0.15) is 31.0 Å². The summed E-state index contributed by atoms with van der Waals surface area (Å²) in [6.45, 7) is -0.425. The fourth-order valence-corrected chi connectivity index (χ4v) is 3.36. The normalized spacial score (nSPS) is 24.1. The number of carbonyl (C=O) groups is 2. The molecule has 0 aliphatic carbocycles. The fraction of sp³-hybridized carbons (Fsp3) is 0.333. The standard InChI is InChI=1S/C24H26O11/c1-31-15-10-13(8-9-18(25)26)11-16(32-2)22(15)35-24-21(29)20(28)19(27)17(34-24)12-33-23(30)14-6-4-3-5-7-14/h3-11,17,19-21,24,27-29H,12H2,1-2H3,(H,25,26). The lowest BCUT2D eigenvalue weighted by atomic mass is 9.99. The van der Waals surface area contributed by atoms with Gasteiger partial charge in [0.25, 0.3) is 0 Å². The molecule has 0 saturated carbocycles. The third-order valence-electron chi connectivity index (χ3n) is 5.19. The molecule has 1 fully saturated rings. The lowest BCUT2D eigenvalue weighted by molar-refractivity contribution is -0.277. The largest absolute Gasteiger partial charge is 0.493 e. The Hall–Kier alpha value is -3.64. The van der Waals surface area contributed by atoms with Crippen molar-refractivity contribution >= 4 is 18.0 Å². The highest BCUT2D eigenvalue weighted by atomic mass is 16.7. The van der Waals surface area contributed by atoms with E-state index in [4.69, 9.17) is 28.8 Å². The first kappa shape index (κ1) is 26.0. The molecule has 0 amide bonds. The third-order valence-corrected chi connectivity index (χ3v) is 5.19. The zero-order chi connectivity index (χ0) is 25.5. The van der Waals surface area contributed by atoms with Crippen LogP contribution in [-0.4, -0.2) is 83.9 Å². The summed E-state index contributed by atoms with van der Waals surface area (Å²) in [4.78, 5) is 23.0. The number of aliphatic carboxylic acids is 1. The quantitative estimate of drug-likeness (QED) is 0.291. The molecule has 5 unspecified atom stereocenters. The number of carboxylic acids is 1. The topological polar surface area (TPSA) is 161 Å². The van der Waals surface area contributed by atoms with Crippen LogP contribution in [0.15, 0.2) is 48.5 Å². The summed E-state index contributed by atoms with van der Waals surface area (Å²) in [6.07, 6.45) is -5.39. The molecule has 188 valence electrons. The number of hydrogen-bond acceptors (Lipinski definition) is 10. The molecular weight excluding hydrogens is 464 g/mol. The average Bonchev–Trinajstić information content (AvgIpc) is 2.87. The molecule has 0 aromatic heterocycles. The Morgan fingerprint density at radius 2 is 1.60 bits per heavy atom. The third kappa shape index (κ3) is 6.28. The number of rotatable bonds is 9. The van der Waals surface area contributed by atoms with Gasteiger partial charge in [-0.2, -0.15) is 0 Å². The van der Waals surface area contributed by atoms with Gasteiger partial charge in [0.05, 0.1) is 19.8 Å². The van der Waals surface area contributed by atoms with Crippen LogP contribution in [0.2, 0.25) is 0 Å². The first-order valence-corrected chi connectivity index (χ1v) is 10.5. The zero-order valence-electron chi connectivity index (χ0n) is 18.9. The van der Waals surface area contributed by atoms with Crippen molar-refractivity contribution in [3.05, 3.63) is 59.7 Å². The minimum atomic E-state index is -1.68. The Morgan fingerprint density at radius 3 is 2.17 bits per heavy atom. The van der Waals surface area contributed by atoms with Crippen molar-refractivity contribution in [3.63, 3.8) is 0 Å². The molecule has 2 aromatic carbocycles. The second-order valence-electron chi connectivity index (χ2n) is 7.52. The van der Waals surface area contributed by atoms with Crippen LogP contribution < -0.4 is 14.2 Å². The second kappa shape index (κ2) is 11.7. The van der Waals surface area contributed by atoms with Gasteiger partial charge in [-0.3, -0.25) is 0 Å². The molecule has 2 aromatic rings. The van der Waals surface area contributed by atoms with Crippen molar-refractivity contribution in [2.24, 2.45) is 0 Å². The molecule has 5 atom stereocenters. The van der Waals surface area contributed by atoms with Crippen molar-refractivity contribution < 1.29 is 53.7 Å². The zero-order valence-corrected chi connectivity index (χ0v) is 18.9. The molecule has 0 radical (unpaired) electrons. The van der Waals surface area contributed by atoms with Crippen molar-refractivity contribution in [1.29, 1.82) is 0 Å². The van der Waals surface area contributed by atoms with Crippen LogP contribution in [0.4, 0.5) is 0 Å². The summed E-state index contributed by atoms with van der Waals surface area (Å²) in [5.74, 6) is -1.56. The molecule has 35 heavy (non-hydrogen) atoms. The van der Waals surface area contributed by atoms with E-state index in [2.05, 4.69) is 0 Å². The maximum absolute atomic E-state index is 12.2. The number of carbonyl (C=O) groups excluding carboxylic acids is 1. The number of ether oxygens (including phenoxy) is 5. The molecule has 1 saturated heterocycles. The minimum Gasteiger partial charge on any atom is -0.493 e. The van der Waals surface area contributed by atoms with Gasteiger partial charge >= 0.3 is 11.9 Å². The summed E-state index contributed by atoms with van der Waals surface area (Å²) in [5, 5.41) is 40.0. The van der Waals surface area contributed by atoms with Crippen molar-refractivity contribution in [1.82, 2.24) is 0 Å². The summed E-state index contributed by atoms with van der Waals surface area (Å²) < 4.78 is 27.2. The van der Waals surface area contributed by atoms with E-state index in [0.717, 1.165) is 6.08 Å². The van der Waals surface area contributed by atoms with E-state index in [9.17, 15) is 24.9 Å². The number of hydrogen-bond donors (Lipinski definition) is 4. The lowest BCUT2D eigenvalue weighted by Gasteiger charge is -2.40. The van der Waals surface area contributed by atoms with Crippen molar-refractivity contribution in [2.45, 2.75) is 30.7 Å². The van der Waals surface area contributed by atoms with Gasteiger partial charge in [-0.15, -0.1) is 0 Å². The Kier molecular flexibility index (Phi) is 8.66. The number of aliphatic hydroxyl groups excluding tert-OH is 3. The monoisotopic (exact) mass is 490 g/mol. The maximum Gasteiger partial charge on any atom is 0.338 e. The van der Waals surface area contributed by atoms with Crippen LogP contribution in [-0.2, 0) is 14.3 Å². The molecule has 1 aliphatic heterocycles. The first-order chi connectivity index (χ1) is 16.7. The van der Waals surface area contributed by atoms with E-state index in [0.29, 0.717) is 5.56 Å². The van der Waals surface area contributed by atoms with E-state index in [1.54, 1.807) is 30.3 Å². The molecule has 1 heterocycles. The number of benzene rings is 2. The molecule has 11 nitrogen and oxygen atoms in total. The van der Waals surface area contributed by atoms with E-state index in [1.165, 1.54) is 32.4 Å². The Morgan fingerprint density at radius 1 is 0.971 bits per heavy atom. The highest BCUT2D eigenvalue weighted by Gasteiger charge is 2.46. The SMILES string of the molecule is COc1cc(C=CC(=O)O)cc(OC)c1OC1OC(COC(=O)c2ccccc2)C(O)C(O)C1O. The predicted octanol–water partition coefficient (Wildman–Crippen LogP) is 0.845. The highest BCUT2D eigenvalue weighted by molar-refractivity contribution is 5.89. The fourth-order valence-electron chi connectivity index (χ4n) is 3.36. The average molecular weight is 490 g/mol. The Labute approximate surface area is 200 Å². The summed E-state index contributed by atoms with van der Waals surface area (Å²) >= 11 is 0. The molecule has 4 N–H and O–H groups in total. The van der Waals surface area contributed by atoms with Gasteiger partial charge in [0.2, 0.25) is 12.0 Å². The van der Waals surface area contributed by atoms with Crippen LogP contribution in [0.5, 0.6) is 17.2 Å². The molecule has 11 heteroatoms. The van der Waals surface area contributed by atoms with Crippen LogP contribution in [0.25, 0.3) is 6.08 Å². The molecule has 0 spiro atoms. The van der Waals surface area contributed by atoms with E-state index < -0.39 is 49.3 Å². The lowest BCUT2D eigenvalue weighted by Crippen LogP contribution is -2.60. The minimum absolute atomic E-state index is 0.00450. The van der Waals surface area contributed by atoms with E-state index in [-0.39, 0.29) is 22.8 Å². The van der Waals surface area contributed by atoms with Crippen LogP contribution in [0.1, 0.15) is 15.9 Å². The highest BCUT2D eigenvalue weighted by Crippen LogP contribution is 2.41. The smallest absolute Gasteiger partial charge is 0.338 e. The number of carboxylic acid groups (broad SMARTS) is 1. The van der Waals surface area contributed by atoms with Crippen molar-refractivity contribution in [2.75, 3.05) is 20.8 Å². The Bertz CT molecular complexity index is 1030. The number of esters is 1. The summed E-state index contributed by atoms with van der Waals surface area (Å²) in [7, 11) is 2.68. The van der Waals surface area contributed by atoms with Gasteiger partial charge in [-0.1, -0.05) is 18.2 Å². The van der Waals surface area contributed by atoms with Gasteiger partial charge in [-0.05, 0) is 35.9 Å². The summed E-state index contributed by atoms with van der Waals surface area (Å²) in [5.41, 5.74) is 0.720. The van der Waals surface area contributed by atoms with Crippen molar-refractivity contribution in [3.8, 4) is 17.2 Å².